The van der Waals surface area contributed by atoms with Gasteiger partial charge in [0.25, 0.3) is 0 Å². The first kappa shape index (κ1) is 9.65. The number of rotatable bonds is 2. The third-order valence-corrected chi connectivity index (χ3v) is 2.58. The van der Waals surface area contributed by atoms with Crippen LogP contribution in [0.15, 0.2) is 30.3 Å². The summed E-state index contributed by atoms with van der Waals surface area (Å²) in [5, 5.41) is 12.1. The second-order valence-corrected chi connectivity index (χ2v) is 3.69. The molecule has 1 aromatic carbocycles. The van der Waals surface area contributed by atoms with Gasteiger partial charge in [-0.1, -0.05) is 30.3 Å². The van der Waals surface area contributed by atoms with E-state index >= 15 is 0 Å². The van der Waals surface area contributed by atoms with Crippen molar-refractivity contribution < 1.29 is 0 Å². The average Bonchev–Trinajstić information content (AvgIpc) is 2.23. The fraction of sp³-hybridized carbons (Fsp3) is 0.455. The predicted octanol–water partition coefficient (Wildman–Crippen LogP) is 1.30. The second-order valence-electron chi connectivity index (χ2n) is 3.69. The molecule has 0 aliphatic carbocycles. The molecular weight excluding hydrogens is 176 g/mol. The lowest BCUT2D eigenvalue weighted by molar-refractivity contribution is 0.162. The molecule has 0 atom stereocenters. The summed E-state index contributed by atoms with van der Waals surface area (Å²) < 4.78 is 0. The zero-order chi connectivity index (χ0) is 9.80. The van der Waals surface area contributed by atoms with Crippen LogP contribution in [0.25, 0.3) is 0 Å². The van der Waals surface area contributed by atoms with E-state index in [4.69, 9.17) is 0 Å². The van der Waals surface area contributed by atoms with Crippen molar-refractivity contribution >= 4 is 0 Å². The average molecular weight is 191 g/mol. The van der Waals surface area contributed by atoms with Crippen LogP contribution in [0.2, 0.25) is 0 Å². The molecule has 3 heteroatoms. The first-order valence-corrected chi connectivity index (χ1v) is 5.03. The van der Waals surface area contributed by atoms with Gasteiger partial charge in [0.2, 0.25) is 0 Å². The molecule has 0 amide bonds. The molecule has 0 aromatic heterocycles. The van der Waals surface area contributed by atoms with E-state index in [0.717, 1.165) is 24.7 Å². The summed E-state index contributed by atoms with van der Waals surface area (Å²) in [5.41, 5.74) is 1.33. The summed E-state index contributed by atoms with van der Waals surface area (Å²) >= 11 is 0. The monoisotopic (exact) mass is 191 g/mol. The van der Waals surface area contributed by atoms with E-state index in [1.165, 1.54) is 5.56 Å². The van der Waals surface area contributed by atoms with Gasteiger partial charge in [0.05, 0.1) is 0 Å². The Morgan fingerprint density at radius 2 is 1.64 bits per heavy atom. The maximum absolute atomic E-state index is 11.0. The molecule has 1 fully saturated rings. The van der Waals surface area contributed by atoms with Crippen molar-refractivity contribution in [2.24, 2.45) is 0 Å². The van der Waals surface area contributed by atoms with Gasteiger partial charge in [-0.25, -0.2) is 0 Å². The highest BCUT2D eigenvalue weighted by atomic mass is 16.5. The lowest BCUT2D eigenvalue weighted by Crippen LogP contribution is -2.43. The van der Waals surface area contributed by atoms with E-state index < -0.39 is 0 Å². The van der Waals surface area contributed by atoms with Crippen molar-refractivity contribution in [3.8, 4) is 0 Å². The van der Waals surface area contributed by atoms with Crippen LogP contribution in [0, 0.1) is 5.21 Å². The van der Waals surface area contributed by atoms with Gasteiger partial charge in [0, 0.05) is 19.6 Å². The van der Waals surface area contributed by atoms with E-state index in [-0.39, 0.29) is 0 Å². The van der Waals surface area contributed by atoms with Gasteiger partial charge in [0.1, 0.15) is 0 Å². The Labute approximate surface area is 84.5 Å². The lowest BCUT2D eigenvalue weighted by atomic mass is 10.2. The lowest BCUT2D eigenvalue weighted by Gasteiger charge is -2.38. The highest BCUT2D eigenvalue weighted by Crippen LogP contribution is 2.07. The second kappa shape index (κ2) is 4.55. The Morgan fingerprint density at radius 1 is 1.00 bits per heavy atom. The summed E-state index contributed by atoms with van der Waals surface area (Å²) in [6.45, 7) is 4.03. The van der Waals surface area contributed by atoms with Gasteiger partial charge < -0.3 is 10.3 Å². The van der Waals surface area contributed by atoms with Crippen molar-refractivity contribution in [1.82, 2.24) is 9.96 Å². The number of benzene rings is 1. The van der Waals surface area contributed by atoms with Gasteiger partial charge in [-0.2, -0.15) is 0 Å². The number of piperazine rings is 1. The molecule has 1 aromatic rings. The molecular formula is C11H15N2O-. The van der Waals surface area contributed by atoms with Gasteiger partial charge >= 0.3 is 0 Å². The van der Waals surface area contributed by atoms with E-state index in [2.05, 4.69) is 29.2 Å². The molecule has 76 valence electrons. The standard InChI is InChI=1S/C11H15N2O/c14-13-8-6-12(7-9-13)10-11-4-2-1-3-5-11/h1-5H,6-10H2/q-1. The van der Waals surface area contributed by atoms with E-state index in [0.29, 0.717) is 13.1 Å². The van der Waals surface area contributed by atoms with Gasteiger partial charge in [-0.05, 0) is 18.7 Å². The highest BCUT2D eigenvalue weighted by Gasteiger charge is 2.10. The molecule has 0 N–H and O–H groups in total. The van der Waals surface area contributed by atoms with Crippen LogP contribution >= 0.6 is 0 Å². The minimum Gasteiger partial charge on any atom is -0.785 e. The van der Waals surface area contributed by atoms with Crippen molar-refractivity contribution in [1.29, 1.82) is 0 Å². The zero-order valence-electron chi connectivity index (χ0n) is 8.22. The Balaban J connectivity index is 1.87. The number of nitrogens with zero attached hydrogens (tertiary/aromatic N) is 2. The molecule has 2 rings (SSSR count). The normalized spacial score (nSPS) is 19.8. The number of hydrogen-bond acceptors (Lipinski definition) is 3. The third kappa shape index (κ3) is 2.54. The van der Waals surface area contributed by atoms with E-state index in [9.17, 15) is 5.21 Å². The van der Waals surface area contributed by atoms with Crippen LogP contribution < -0.4 is 0 Å². The van der Waals surface area contributed by atoms with Crippen LogP contribution in [0.5, 0.6) is 0 Å². The summed E-state index contributed by atoms with van der Waals surface area (Å²) in [6.07, 6.45) is 0. The summed E-state index contributed by atoms with van der Waals surface area (Å²) in [5.74, 6) is 0. The minimum atomic E-state index is 0.646. The molecule has 1 heterocycles. The molecule has 0 saturated carbocycles. The Morgan fingerprint density at radius 3 is 2.29 bits per heavy atom. The van der Waals surface area contributed by atoms with E-state index in [1.807, 2.05) is 6.07 Å². The molecule has 0 radical (unpaired) electrons. The molecule has 3 nitrogen and oxygen atoms in total. The first-order valence-electron chi connectivity index (χ1n) is 5.03. The molecule has 0 bridgehead atoms. The number of hydrogen-bond donors (Lipinski definition) is 0. The first-order chi connectivity index (χ1) is 6.84. The smallest absolute Gasteiger partial charge is 0.0234 e. The predicted molar refractivity (Wildman–Crippen MR) is 56.7 cm³/mol. The maximum atomic E-state index is 11.0. The topological polar surface area (TPSA) is 29.5 Å². The fourth-order valence-corrected chi connectivity index (χ4v) is 1.73. The highest BCUT2D eigenvalue weighted by molar-refractivity contribution is 5.14. The van der Waals surface area contributed by atoms with Gasteiger partial charge in [-0.3, -0.25) is 4.90 Å². The SMILES string of the molecule is [O-]N1CCN(Cc2ccccc2)CC1. The molecule has 0 unspecified atom stereocenters. The molecule has 14 heavy (non-hydrogen) atoms. The summed E-state index contributed by atoms with van der Waals surface area (Å²) in [6, 6.07) is 10.4. The van der Waals surface area contributed by atoms with Gasteiger partial charge in [0.15, 0.2) is 0 Å². The minimum absolute atomic E-state index is 0.646. The summed E-state index contributed by atoms with van der Waals surface area (Å²) in [4.78, 5) is 2.32. The molecule has 1 aliphatic rings. The maximum Gasteiger partial charge on any atom is 0.0234 e. The van der Waals surface area contributed by atoms with Crippen molar-refractivity contribution in [2.75, 3.05) is 26.2 Å². The molecule has 1 aliphatic heterocycles. The number of hydroxylamine groups is 2. The Hall–Kier alpha value is -0.900. The zero-order valence-corrected chi connectivity index (χ0v) is 8.22. The molecule has 0 spiro atoms. The van der Waals surface area contributed by atoms with Crippen LogP contribution in [-0.2, 0) is 6.54 Å². The summed E-state index contributed by atoms with van der Waals surface area (Å²) in [7, 11) is 0. The Bertz CT molecular complexity index is 268. The van der Waals surface area contributed by atoms with E-state index in [1.54, 1.807) is 0 Å². The fourth-order valence-electron chi connectivity index (χ4n) is 1.73. The largest absolute Gasteiger partial charge is 0.785 e. The van der Waals surface area contributed by atoms with Crippen LogP contribution in [-0.4, -0.2) is 36.1 Å². The van der Waals surface area contributed by atoms with Crippen LogP contribution in [0.3, 0.4) is 0 Å². The van der Waals surface area contributed by atoms with Crippen LogP contribution in [0.1, 0.15) is 5.56 Å². The third-order valence-electron chi connectivity index (χ3n) is 2.58. The van der Waals surface area contributed by atoms with Crippen molar-refractivity contribution in [3.05, 3.63) is 41.1 Å². The van der Waals surface area contributed by atoms with Crippen molar-refractivity contribution in [2.45, 2.75) is 6.54 Å². The van der Waals surface area contributed by atoms with Crippen LogP contribution in [0.4, 0.5) is 0 Å². The molecule has 1 saturated heterocycles. The quantitative estimate of drug-likeness (QED) is 0.705. The van der Waals surface area contributed by atoms with Crippen molar-refractivity contribution in [3.63, 3.8) is 0 Å². The Kier molecular flexibility index (Phi) is 3.14. The van der Waals surface area contributed by atoms with Gasteiger partial charge in [-0.15, -0.1) is 0 Å².